The summed E-state index contributed by atoms with van der Waals surface area (Å²) in [6, 6.07) is 1.81. The highest BCUT2D eigenvalue weighted by atomic mass is 35.5. The Bertz CT molecular complexity index is 260. The van der Waals surface area contributed by atoms with E-state index < -0.39 is 0 Å². The number of alkyl halides is 1. The number of hydrogen-bond acceptors (Lipinski definition) is 2. The zero-order valence-electron chi connectivity index (χ0n) is 7.38. The molecular formula is C8H12ClN3O. The van der Waals surface area contributed by atoms with Crippen LogP contribution in [-0.4, -0.2) is 22.0 Å². The van der Waals surface area contributed by atoms with E-state index >= 15 is 0 Å². The number of H-pyrrole nitrogens is 1. The molecule has 0 spiro atoms. The second-order valence-corrected chi connectivity index (χ2v) is 3.16. The number of nitrogens with one attached hydrogen (secondary N) is 2. The molecule has 0 aromatic carbocycles. The lowest BCUT2D eigenvalue weighted by Crippen LogP contribution is -2.29. The van der Waals surface area contributed by atoms with E-state index in [1.165, 1.54) is 0 Å². The minimum Gasteiger partial charge on any atom is -0.350 e. The summed E-state index contributed by atoms with van der Waals surface area (Å²) >= 11 is 5.53. The van der Waals surface area contributed by atoms with Crippen LogP contribution in [0.15, 0.2) is 12.3 Å². The maximum Gasteiger partial charge on any atom is 0.224 e. The number of aromatic nitrogens is 2. The number of carbonyl (C=O) groups excluding carboxylic acids is 1. The molecule has 0 radical (unpaired) electrons. The second kappa shape index (κ2) is 4.87. The smallest absolute Gasteiger partial charge is 0.224 e. The Morgan fingerprint density at radius 2 is 2.62 bits per heavy atom. The second-order valence-electron chi connectivity index (χ2n) is 2.86. The molecule has 0 aliphatic rings. The molecule has 5 heteroatoms. The quantitative estimate of drug-likeness (QED) is 0.712. The first-order chi connectivity index (χ1) is 6.24. The van der Waals surface area contributed by atoms with Gasteiger partial charge in [0, 0.05) is 18.0 Å². The third-order valence-corrected chi connectivity index (χ3v) is 2.15. The zero-order chi connectivity index (χ0) is 9.68. The van der Waals surface area contributed by atoms with Gasteiger partial charge in [-0.25, -0.2) is 0 Å². The van der Waals surface area contributed by atoms with E-state index in [0.29, 0.717) is 12.4 Å². The molecule has 1 amide bonds. The first-order valence-corrected chi connectivity index (χ1v) is 4.59. The molecule has 0 saturated carbocycles. The normalized spacial score (nSPS) is 12.5. The Kier molecular flexibility index (Phi) is 3.76. The van der Waals surface area contributed by atoms with E-state index in [4.69, 9.17) is 11.6 Å². The Hall–Kier alpha value is -1.03. The van der Waals surface area contributed by atoms with E-state index in [1.807, 2.05) is 6.07 Å². The zero-order valence-corrected chi connectivity index (χ0v) is 8.14. The summed E-state index contributed by atoms with van der Waals surface area (Å²) in [7, 11) is 0. The number of rotatable bonds is 4. The maximum atomic E-state index is 11.2. The van der Waals surface area contributed by atoms with Crippen molar-refractivity contribution < 1.29 is 4.79 Å². The molecule has 1 rings (SSSR count). The molecule has 0 saturated heterocycles. The van der Waals surface area contributed by atoms with Crippen LogP contribution in [0.1, 0.15) is 12.6 Å². The van der Waals surface area contributed by atoms with Crippen LogP contribution in [0.25, 0.3) is 0 Å². The van der Waals surface area contributed by atoms with Gasteiger partial charge in [0.25, 0.3) is 0 Å². The highest BCUT2D eigenvalue weighted by molar-refractivity contribution is 6.19. The van der Waals surface area contributed by atoms with E-state index in [0.717, 1.165) is 5.69 Å². The van der Waals surface area contributed by atoms with Gasteiger partial charge in [-0.2, -0.15) is 5.10 Å². The summed E-state index contributed by atoms with van der Waals surface area (Å²) in [5, 5.41) is 9.26. The Morgan fingerprint density at radius 3 is 3.15 bits per heavy atom. The van der Waals surface area contributed by atoms with Crippen molar-refractivity contribution in [2.24, 2.45) is 5.92 Å². The van der Waals surface area contributed by atoms with Gasteiger partial charge in [0.1, 0.15) is 0 Å². The van der Waals surface area contributed by atoms with Crippen LogP contribution in [0.3, 0.4) is 0 Å². The van der Waals surface area contributed by atoms with Gasteiger partial charge in [-0.05, 0) is 6.07 Å². The van der Waals surface area contributed by atoms with Gasteiger partial charge in [-0.15, -0.1) is 11.6 Å². The van der Waals surface area contributed by atoms with Gasteiger partial charge < -0.3 is 5.32 Å². The molecular weight excluding hydrogens is 190 g/mol. The van der Waals surface area contributed by atoms with Gasteiger partial charge in [-0.1, -0.05) is 6.92 Å². The van der Waals surface area contributed by atoms with E-state index in [1.54, 1.807) is 13.1 Å². The molecule has 4 nitrogen and oxygen atoms in total. The molecule has 0 aliphatic carbocycles. The molecule has 1 unspecified atom stereocenters. The molecule has 1 aromatic rings. The van der Waals surface area contributed by atoms with Crippen molar-refractivity contribution in [3.63, 3.8) is 0 Å². The molecule has 1 atom stereocenters. The van der Waals surface area contributed by atoms with E-state index in [-0.39, 0.29) is 11.8 Å². The van der Waals surface area contributed by atoms with Crippen molar-refractivity contribution in [2.75, 3.05) is 5.88 Å². The first-order valence-electron chi connectivity index (χ1n) is 4.06. The van der Waals surface area contributed by atoms with Crippen molar-refractivity contribution in [2.45, 2.75) is 13.5 Å². The summed E-state index contributed by atoms with van der Waals surface area (Å²) in [4.78, 5) is 11.2. The fourth-order valence-corrected chi connectivity index (χ4v) is 0.950. The van der Waals surface area contributed by atoms with E-state index in [9.17, 15) is 4.79 Å². The predicted octanol–water partition coefficient (Wildman–Crippen LogP) is 0.901. The third kappa shape index (κ3) is 3.06. The molecule has 0 bridgehead atoms. The summed E-state index contributed by atoms with van der Waals surface area (Å²) in [6.45, 7) is 2.26. The van der Waals surface area contributed by atoms with Crippen LogP contribution in [-0.2, 0) is 11.3 Å². The van der Waals surface area contributed by atoms with Gasteiger partial charge in [-0.3, -0.25) is 9.89 Å². The van der Waals surface area contributed by atoms with Crippen molar-refractivity contribution in [1.29, 1.82) is 0 Å². The molecule has 0 fully saturated rings. The Labute approximate surface area is 81.7 Å². The van der Waals surface area contributed by atoms with Crippen molar-refractivity contribution >= 4 is 17.5 Å². The van der Waals surface area contributed by atoms with Crippen LogP contribution < -0.4 is 5.32 Å². The first kappa shape index (κ1) is 10.1. The summed E-state index contributed by atoms with van der Waals surface area (Å²) in [5.41, 5.74) is 0.884. The minimum atomic E-state index is -0.149. The number of halogens is 1. The van der Waals surface area contributed by atoms with Crippen LogP contribution in [0.2, 0.25) is 0 Å². The van der Waals surface area contributed by atoms with Crippen LogP contribution in [0, 0.1) is 5.92 Å². The number of carbonyl (C=O) groups is 1. The Morgan fingerprint density at radius 1 is 1.85 bits per heavy atom. The van der Waals surface area contributed by atoms with Crippen molar-refractivity contribution in [3.05, 3.63) is 18.0 Å². The molecule has 1 aromatic heterocycles. The number of aromatic amines is 1. The van der Waals surface area contributed by atoms with E-state index in [2.05, 4.69) is 15.5 Å². The van der Waals surface area contributed by atoms with Gasteiger partial charge in [0.2, 0.25) is 5.91 Å². The SMILES string of the molecule is CC(CCl)C(=O)NCc1ccn[nH]1. The highest BCUT2D eigenvalue weighted by Gasteiger charge is 2.10. The standard InChI is InChI=1S/C8H12ClN3O/c1-6(4-9)8(13)10-5-7-2-3-11-12-7/h2-3,6H,4-5H2,1H3,(H,10,13)(H,11,12). The van der Waals surface area contributed by atoms with Gasteiger partial charge in [0.05, 0.1) is 12.2 Å². The average molecular weight is 202 g/mol. The fraction of sp³-hybridized carbons (Fsp3) is 0.500. The topological polar surface area (TPSA) is 57.8 Å². The maximum absolute atomic E-state index is 11.2. The van der Waals surface area contributed by atoms with Crippen molar-refractivity contribution in [1.82, 2.24) is 15.5 Å². The lowest BCUT2D eigenvalue weighted by molar-refractivity contribution is -0.124. The lowest BCUT2D eigenvalue weighted by atomic mass is 10.2. The third-order valence-electron chi connectivity index (χ3n) is 1.69. The molecule has 0 aliphatic heterocycles. The predicted molar refractivity (Wildman–Crippen MR) is 50.3 cm³/mol. The minimum absolute atomic E-state index is 0.0374. The van der Waals surface area contributed by atoms with Crippen LogP contribution in [0.4, 0.5) is 0 Å². The summed E-state index contributed by atoms with van der Waals surface area (Å²) in [6.07, 6.45) is 1.65. The molecule has 13 heavy (non-hydrogen) atoms. The Balaban J connectivity index is 2.31. The number of nitrogens with zero attached hydrogens (tertiary/aromatic N) is 1. The molecule has 1 heterocycles. The lowest BCUT2D eigenvalue weighted by Gasteiger charge is -2.07. The fourth-order valence-electron chi connectivity index (χ4n) is 0.810. The monoisotopic (exact) mass is 201 g/mol. The largest absolute Gasteiger partial charge is 0.350 e. The highest BCUT2D eigenvalue weighted by Crippen LogP contribution is 1.98. The average Bonchev–Trinajstić information content (AvgIpc) is 2.65. The van der Waals surface area contributed by atoms with Gasteiger partial charge in [0.15, 0.2) is 0 Å². The summed E-state index contributed by atoms with van der Waals surface area (Å²) < 4.78 is 0. The number of amides is 1. The molecule has 72 valence electrons. The molecule has 2 N–H and O–H groups in total. The van der Waals surface area contributed by atoms with Crippen LogP contribution >= 0.6 is 11.6 Å². The van der Waals surface area contributed by atoms with Crippen molar-refractivity contribution in [3.8, 4) is 0 Å². The van der Waals surface area contributed by atoms with Gasteiger partial charge >= 0.3 is 0 Å². The summed E-state index contributed by atoms with van der Waals surface area (Å²) in [5.74, 6) is 0.156. The van der Waals surface area contributed by atoms with Crippen LogP contribution in [0.5, 0.6) is 0 Å². The number of hydrogen-bond donors (Lipinski definition) is 2.